The van der Waals surface area contributed by atoms with Gasteiger partial charge in [-0.1, -0.05) is 32.9 Å². The summed E-state index contributed by atoms with van der Waals surface area (Å²) in [5.41, 5.74) is 1.63. The highest BCUT2D eigenvalue weighted by molar-refractivity contribution is 5.27. The van der Waals surface area contributed by atoms with Crippen LogP contribution in [0, 0.1) is 5.41 Å². The van der Waals surface area contributed by atoms with Crippen molar-refractivity contribution in [2.45, 2.75) is 39.8 Å². The van der Waals surface area contributed by atoms with Crippen LogP contribution in [0.4, 0.5) is 0 Å². The van der Waals surface area contributed by atoms with Crippen LogP contribution in [-0.4, -0.2) is 38.7 Å². The van der Waals surface area contributed by atoms with E-state index in [4.69, 9.17) is 4.74 Å². The molecule has 0 aliphatic heterocycles. The fraction of sp³-hybridized carbons (Fsp3) is 0.647. The van der Waals surface area contributed by atoms with E-state index in [-0.39, 0.29) is 0 Å². The molecule has 1 unspecified atom stereocenters. The predicted molar refractivity (Wildman–Crippen MR) is 86.2 cm³/mol. The first-order valence-electron chi connectivity index (χ1n) is 7.35. The van der Waals surface area contributed by atoms with E-state index in [0.717, 1.165) is 25.3 Å². The van der Waals surface area contributed by atoms with Gasteiger partial charge in [0.25, 0.3) is 0 Å². The zero-order valence-electron chi connectivity index (χ0n) is 13.9. The van der Waals surface area contributed by atoms with E-state index < -0.39 is 0 Å². The molecule has 1 atom stereocenters. The maximum atomic E-state index is 5.18. The summed E-state index contributed by atoms with van der Waals surface area (Å²) in [5, 5.41) is 3.43. The fourth-order valence-corrected chi connectivity index (χ4v) is 2.48. The van der Waals surface area contributed by atoms with Gasteiger partial charge in [0.05, 0.1) is 7.11 Å². The first-order valence-corrected chi connectivity index (χ1v) is 7.35. The summed E-state index contributed by atoms with van der Waals surface area (Å²) in [7, 11) is 5.94. The van der Waals surface area contributed by atoms with Gasteiger partial charge in [-0.3, -0.25) is 0 Å². The van der Waals surface area contributed by atoms with Gasteiger partial charge < -0.3 is 15.0 Å². The lowest BCUT2D eigenvalue weighted by molar-refractivity contribution is 0.227. The van der Waals surface area contributed by atoms with Gasteiger partial charge in [0.1, 0.15) is 5.75 Å². The Morgan fingerprint density at radius 3 is 2.25 bits per heavy atom. The van der Waals surface area contributed by atoms with Crippen molar-refractivity contribution in [3.63, 3.8) is 0 Å². The number of ether oxygens (including phenoxy) is 1. The van der Waals surface area contributed by atoms with Crippen molar-refractivity contribution in [3.05, 3.63) is 29.8 Å². The highest BCUT2D eigenvalue weighted by Crippen LogP contribution is 2.22. The van der Waals surface area contributed by atoms with Gasteiger partial charge in [-0.15, -0.1) is 0 Å². The van der Waals surface area contributed by atoms with Gasteiger partial charge in [-0.2, -0.15) is 0 Å². The predicted octanol–water partition coefficient (Wildman–Crippen LogP) is 3.15. The number of methoxy groups -OCH3 is 1. The molecule has 1 aromatic rings. The molecule has 0 spiro atoms. The van der Waals surface area contributed by atoms with Crippen LogP contribution >= 0.6 is 0 Å². The molecule has 3 heteroatoms. The summed E-state index contributed by atoms with van der Waals surface area (Å²) < 4.78 is 5.18. The number of nitrogens with zero attached hydrogens (tertiary/aromatic N) is 1. The minimum absolute atomic E-state index is 0.301. The van der Waals surface area contributed by atoms with Crippen LogP contribution in [-0.2, 0) is 6.54 Å². The van der Waals surface area contributed by atoms with Gasteiger partial charge in [0.15, 0.2) is 0 Å². The van der Waals surface area contributed by atoms with Gasteiger partial charge in [-0.25, -0.2) is 0 Å². The third-order valence-corrected chi connectivity index (χ3v) is 3.80. The maximum Gasteiger partial charge on any atom is 0.118 e. The van der Waals surface area contributed by atoms with Crippen LogP contribution in [0.2, 0.25) is 0 Å². The zero-order chi connectivity index (χ0) is 15.2. The first-order chi connectivity index (χ1) is 9.36. The molecule has 0 bridgehead atoms. The Morgan fingerprint density at radius 1 is 1.20 bits per heavy atom. The lowest BCUT2D eigenvalue weighted by atomic mass is 9.85. The molecule has 0 saturated carbocycles. The molecule has 0 heterocycles. The quantitative estimate of drug-likeness (QED) is 0.829. The Labute approximate surface area is 124 Å². The van der Waals surface area contributed by atoms with Crippen LogP contribution < -0.4 is 10.1 Å². The lowest BCUT2D eigenvalue weighted by Gasteiger charge is -2.32. The molecule has 3 nitrogen and oxygen atoms in total. The molecule has 0 saturated heterocycles. The summed E-state index contributed by atoms with van der Waals surface area (Å²) in [4.78, 5) is 2.37. The monoisotopic (exact) mass is 278 g/mol. The van der Waals surface area contributed by atoms with E-state index >= 15 is 0 Å². The molecule has 1 rings (SSSR count). The largest absolute Gasteiger partial charge is 0.497 e. The molecule has 0 radical (unpaired) electrons. The highest BCUT2D eigenvalue weighted by atomic mass is 16.5. The lowest BCUT2D eigenvalue weighted by Crippen LogP contribution is -2.40. The van der Waals surface area contributed by atoms with E-state index in [1.165, 1.54) is 5.56 Å². The van der Waals surface area contributed by atoms with Crippen molar-refractivity contribution >= 4 is 0 Å². The van der Waals surface area contributed by atoms with Crippen molar-refractivity contribution in [2.24, 2.45) is 5.41 Å². The molecular weight excluding hydrogens is 248 g/mol. The second-order valence-electron chi connectivity index (χ2n) is 6.58. The molecule has 0 amide bonds. The smallest absolute Gasteiger partial charge is 0.118 e. The average molecular weight is 278 g/mol. The van der Waals surface area contributed by atoms with Crippen molar-refractivity contribution in [1.82, 2.24) is 10.2 Å². The number of rotatable bonds is 7. The van der Waals surface area contributed by atoms with Crippen LogP contribution in [0.5, 0.6) is 5.75 Å². The second-order valence-corrected chi connectivity index (χ2v) is 6.58. The van der Waals surface area contributed by atoms with Crippen molar-refractivity contribution in [3.8, 4) is 5.75 Å². The Bertz CT molecular complexity index is 381. The topological polar surface area (TPSA) is 24.5 Å². The molecule has 114 valence electrons. The van der Waals surface area contributed by atoms with Gasteiger partial charge in [0.2, 0.25) is 0 Å². The van der Waals surface area contributed by atoms with Gasteiger partial charge in [0, 0.05) is 12.6 Å². The van der Waals surface area contributed by atoms with Crippen LogP contribution in [0.3, 0.4) is 0 Å². The minimum atomic E-state index is 0.301. The second kappa shape index (κ2) is 7.65. The zero-order valence-corrected chi connectivity index (χ0v) is 13.9. The molecule has 20 heavy (non-hydrogen) atoms. The summed E-state index contributed by atoms with van der Waals surface area (Å²) in [6.45, 7) is 8.94. The summed E-state index contributed by atoms with van der Waals surface area (Å²) in [6.07, 6.45) is 1.16. The molecule has 0 fully saturated rings. The van der Waals surface area contributed by atoms with E-state index in [9.17, 15) is 0 Å². The van der Waals surface area contributed by atoms with Crippen LogP contribution in [0.25, 0.3) is 0 Å². The van der Waals surface area contributed by atoms with E-state index in [1.54, 1.807) is 7.11 Å². The highest BCUT2D eigenvalue weighted by Gasteiger charge is 2.22. The van der Waals surface area contributed by atoms with E-state index in [0.29, 0.717) is 11.5 Å². The number of hydrogen-bond donors (Lipinski definition) is 1. The molecular formula is C17H30N2O. The Balaban J connectivity index is 2.44. The Morgan fingerprint density at radius 2 is 1.80 bits per heavy atom. The molecule has 0 aliphatic carbocycles. The summed E-state index contributed by atoms with van der Waals surface area (Å²) in [6, 6.07) is 8.85. The van der Waals surface area contributed by atoms with Crippen molar-refractivity contribution in [2.75, 3.05) is 27.7 Å². The third-order valence-electron chi connectivity index (χ3n) is 3.80. The molecule has 1 N–H and O–H groups in total. The fourth-order valence-electron chi connectivity index (χ4n) is 2.48. The standard InChI is InChI=1S/C17H30N2O/c1-17(2,3)16(18-4)11-12-19(5)13-14-7-9-15(20-6)10-8-14/h7-10,16,18H,11-13H2,1-6H3. The van der Waals surface area contributed by atoms with Crippen LogP contribution in [0.15, 0.2) is 24.3 Å². The summed E-state index contributed by atoms with van der Waals surface area (Å²) >= 11 is 0. The van der Waals surface area contributed by atoms with Crippen molar-refractivity contribution < 1.29 is 4.74 Å². The van der Waals surface area contributed by atoms with Crippen molar-refractivity contribution in [1.29, 1.82) is 0 Å². The first kappa shape index (κ1) is 17.0. The normalized spacial score (nSPS) is 13.6. The van der Waals surface area contributed by atoms with Gasteiger partial charge in [-0.05, 0) is 50.2 Å². The third kappa shape index (κ3) is 5.51. The van der Waals surface area contributed by atoms with Gasteiger partial charge >= 0.3 is 0 Å². The summed E-state index contributed by atoms with van der Waals surface area (Å²) in [5.74, 6) is 0.916. The Hall–Kier alpha value is -1.06. The number of hydrogen-bond acceptors (Lipinski definition) is 3. The molecule has 0 aromatic heterocycles. The van der Waals surface area contributed by atoms with Crippen LogP contribution in [0.1, 0.15) is 32.8 Å². The molecule has 1 aromatic carbocycles. The Kier molecular flexibility index (Phi) is 6.50. The maximum absolute atomic E-state index is 5.18. The minimum Gasteiger partial charge on any atom is -0.497 e. The SMILES string of the molecule is CNC(CCN(C)Cc1ccc(OC)cc1)C(C)(C)C. The number of benzene rings is 1. The average Bonchev–Trinajstić information content (AvgIpc) is 2.38. The number of nitrogens with one attached hydrogen (secondary N) is 1. The molecule has 0 aliphatic rings. The van der Waals surface area contributed by atoms with E-state index in [2.05, 4.69) is 57.2 Å². The van der Waals surface area contributed by atoms with E-state index in [1.807, 2.05) is 12.1 Å².